The molecule has 1 fully saturated rings. The summed E-state index contributed by atoms with van der Waals surface area (Å²) in [4.78, 5) is 26.6. The summed E-state index contributed by atoms with van der Waals surface area (Å²) >= 11 is 0. The summed E-state index contributed by atoms with van der Waals surface area (Å²) < 4.78 is 1.71. The highest BCUT2D eigenvalue weighted by Gasteiger charge is 2.16. The molecule has 0 bridgehead atoms. The number of pyridine rings is 1. The molecule has 1 aliphatic heterocycles. The van der Waals surface area contributed by atoms with E-state index in [1.807, 2.05) is 11.0 Å². The molecule has 1 aromatic heterocycles. The van der Waals surface area contributed by atoms with E-state index < -0.39 is 5.97 Å². The van der Waals surface area contributed by atoms with E-state index in [1.165, 1.54) is 0 Å². The molecule has 2 rings (SSSR count). The normalized spacial score (nSPS) is 17.8. The number of carbonyl (C=O) groups is 1. The lowest BCUT2D eigenvalue weighted by molar-refractivity contribution is -0.138. The summed E-state index contributed by atoms with van der Waals surface area (Å²) in [6.45, 7) is 5.03. The molecule has 0 unspecified atom stereocenters. The average molecular weight is 279 g/mol. The van der Waals surface area contributed by atoms with Crippen LogP contribution in [0.1, 0.15) is 6.42 Å². The molecule has 1 aliphatic rings. The monoisotopic (exact) mass is 279 g/mol. The van der Waals surface area contributed by atoms with Gasteiger partial charge in [-0.15, -0.1) is 0 Å². The summed E-state index contributed by atoms with van der Waals surface area (Å²) in [6.07, 6.45) is 2.77. The Morgan fingerprint density at radius 1 is 1.10 bits per heavy atom. The summed E-state index contributed by atoms with van der Waals surface area (Å²) in [5.41, 5.74) is 0.0230. The number of nitrogens with zero attached hydrogens (tertiary/aromatic N) is 3. The molecular weight excluding hydrogens is 258 g/mol. The van der Waals surface area contributed by atoms with Gasteiger partial charge >= 0.3 is 5.97 Å². The summed E-state index contributed by atoms with van der Waals surface area (Å²) in [5, 5.41) is 8.81. The standard InChI is InChI=1S/C14H21N3O3/c18-13-4-1-2-7-17(13)11-10-15-5-3-6-16(9-8-15)12-14(19)20/h1-2,4,7H,3,5-6,8-12H2,(H,19,20). The molecule has 0 saturated carbocycles. The Labute approximate surface area is 118 Å². The van der Waals surface area contributed by atoms with E-state index in [1.54, 1.807) is 22.9 Å². The minimum absolute atomic E-state index is 0.0230. The molecule has 0 atom stereocenters. The average Bonchev–Trinajstić information content (AvgIpc) is 2.63. The number of aliphatic carboxylic acids is 1. The van der Waals surface area contributed by atoms with E-state index in [2.05, 4.69) is 4.90 Å². The zero-order valence-electron chi connectivity index (χ0n) is 11.6. The number of aromatic nitrogens is 1. The van der Waals surface area contributed by atoms with Gasteiger partial charge in [0.1, 0.15) is 0 Å². The zero-order chi connectivity index (χ0) is 14.4. The highest BCUT2D eigenvalue weighted by Crippen LogP contribution is 2.03. The van der Waals surface area contributed by atoms with Crippen molar-refractivity contribution in [2.75, 3.05) is 39.3 Å². The van der Waals surface area contributed by atoms with Crippen LogP contribution >= 0.6 is 0 Å². The second kappa shape index (κ2) is 7.21. The first-order valence-electron chi connectivity index (χ1n) is 6.97. The fraction of sp³-hybridized carbons (Fsp3) is 0.571. The van der Waals surface area contributed by atoms with Crippen molar-refractivity contribution < 1.29 is 9.90 Å². The SMILES string of the molecule is O=C(O)CN1CCCN(CCn2ccccc2=O)CC1. The van der Waals surface area contributed by atoms with E-state index in [4.69, 9.17) is 5.11 Å². The van der Waals surface area contributed by atoms with Crippen LogP contribution in [0.25, 0.3) is 0 Å². The summed E-state index contributed by atoms with van der Waals surface area (Å²) in [7, 11) is 0. The van der Waals surface area contributed by atoms with E-state index >= 15 is 0 Å². The van der Waals surface area contributed by atoms with Crippen LogP contribution in [-0.4, -0.2) is 64.7 Å². The second-order valence-electron chi connectivity index (χ2n) is 5.10. The van der Waals surface area contributed by atoms with Crippen LogP contribution in [0, 0.1) is 0 Å². The van der Waals surface area contributed by atoms with Gasteiger partial charge in [-0.05, 0) is 19.0 Å². The van der Waals surface area contributed by atoms with Crippen LogP contribution in [0.3, 0.4) is 0 Å². The third-order valence-electron chi connectivity index (χ3n) is 3.60. The lowest BCUT2D eigenvalue weighted by Crippen LogP contribution is -2.35. The van der Waals surface area contributed by atoms with Crippen molar-refractivity contribution in [2.45, 2.75) is 13.0 Å². The molecule has 110 valence electrons. The molecule has 1 N–H and O–H groups in total. The maximum atomic E-state index is 11.6. The van der Waals surface area contributed by atoms with Crippen molar-refractivity contribution in [3.63, 3.8) is 0 Å². The highest BCUT2D eigenvalue weighted by atomic mass is 16.4. The largest absolute Gasteiger partial charge is 0.480 e. The van der Waals surface area contributed by atoms with Crippen molar-refractivity contribution in [1.29, 1.82) is 0 Å². The Bertz CT molecular complexity index is 500. The van der Waals surface area contributed by atoms with Gasteiger partial charge < -0.3 is 14.6 Å². The third kappa shape index (κ3) is 4.47. The van der Waals surface area contributed by atoms with Crippen LogP contribution in [0.5, 0.6) is 0 Å². The predicted molar refractivity (Wildman–Crippen MR) is 75.8 cm³/mol. The van der Waals surface area contributed by atoms with Crippen LogP contribution in [0.15, 0.2) is 29.2 Å². The second-order valence-corrected chi connectivity index (χ2v) is 5.10. The molecule has 2 heterocycles. The quantitative estimate of drug-likeness (QED) is 0.818. The number of hydrogen-bond donors (Lipinski definition) is 1. The summed E-state index contributed by atoms with van der Waals surface area (Å²) in [5.74, 6) is -0.769. The van der Waals surface area contributed by atoms with Crippen molar-refractivity contribution >= 4 is 5.97 Å². The molecule has 1 saturated heterocycles. The fourth-order valence-corrected chi connectivity index (χ4v) is 2.49. The first kappa shape index (κ1) is 14.7. The molecule has 6 heteroatoms. The van der Waals surface area contributed by atoms with Gasteiger partial charge in [-0.2, -0.15) is 0 Å². The van der Waals surface area contributed by atoms with Crippen LogP contribution < -0.4 is 5.56 Å². The van der Waals surface area contributed by atoms with Gasteiger partial charge in [0.05, 0.1) is 6.54 Å². The molecular formula is C14H21N3O3. The fourth-order valence-electron chi connectivity index (χ4n) is 2.49. The van der Waals surface area contributed by atoms with Crippen LogP contribution in [0.2, 0.25) is 0 Å². The van der Waals surface area contributed by atoms with Gasteiger partial charge in [0.2, 0.25) is 0 Å². The van der Waals surface area contributed by atoms with Crippen molar-refractivity contribution in [3.8, 4) is 0 Å². The van der Waals surface area contributed by atoms with E-state index in [0.717, 1.165) is 39.1 Å². The molecule has 0 aliphatic carbocycles. The van der Waals surface area contributed by atoms with Gasteiger partial charge in [0.25, 0.3) is 5.56 Å². The first-order valence-corrected chi connectivity index (χ1v) is 6.97. The Morgan fingerprint density at radius 2 is 1.85 bits per heavy atom. The minimum Gasteiger partial charge on any atom is -0.480 e. The number of hydrogen-bond acceptors (Lipinski definition) is 4. The molecule has 20 heavy (non-hydrogen) atoms. The van der Waals surface area contributed by atoms with Gasteiger partial charge in [-0.1, -0.05) is 6.07 Å². The third-order valence-corrected chi connectivity index (χ3v) is 3.60. The van der Waals surface area contributed by atoms with Gasteiger partial charge in [0.15, 0.2) is 0 Å². The van der Waals surface area contributed by atoms with Gasteiger partial charge in [0, 0.05) is 45.0 Å². The maximum Gasteiger partial charge on any atom is 0.317 e. The van der Waals surface area contributed by atoms with E-state index in [9.17, 15) is 9.59 Å². The topological polar surface area (TPSA) is 65.8 Å². The lowest BCUT2D eigenvalue weighted by atomic mass is 10.3. The van der Waals surface area contributed by atoms with E-state index in [-0.39, 0.29) is 12.1 Å². The van der Waals surface area contributed by atoms with Gasteiger partial charge in [-0.3, -0.25) is 14.5 Å². The summed E-state index contributed by atoms with van der Waals surface area (Å²) in [6, 6.07) is 5.17. The zero-order valence-corrected chi connectivity index (χ0v) is 11.6. The Balaban J connectivity index is 1.81. The van der Waals surface area contributed by atoms with Crippen molar-refractivity contribution in [3.05, 3.63) is 34.7 Å². The smallest absolute Gasteiger partial charge is 0.317 e. The van der Waals surface area contributed by atoms with E-state index in [0.29, 0.717) is 6.54 Å². The molecule has 1 aromatic rings. The predicted octanol–water partition coefficient (Wildman–Crippen LogP) is -0.0594. The Kier molecular flexibility index (Phi) is 5.31. The minimum atomic E-state index is -0.769. The van der Waals surface area contributed by atoms with Crippen molar-refractivity contribution in [2.24, 2.45) is 0 Å². The van der Waals surface area contributed by atoms with Crippen LogP contribution in [0.4, 0.5) is 0 Å². The molecule has 6 nitrogen and oxygen atoms in total. The number of rotatable bonds is 5. The molecule has 0 amide bonds. The van der Waals surface area contributed by atoms with Crippen LogP contribution in [-0.2, 0) is 11.3 Å². The van der Waals surface area contributed by atoms with Crippen molar-refractivity contribution in [1.82, 2.24) is 14.4 Å². The number of carboxylic acids is 1. The first-order chi connectivity index (χ1) is 9.65. The number of carboxylic acid groups (broad SMARTS) is 1. The lowest BCUT2D eigenvalue weighted by Gasteiger charge is -2.21. The molecule has 0 radical (unpaired) electrons. The van der Waals surface area contributed by atoms with Gasteiger partial charge in [-0.25, -0.2) is 0 Å². The Hall–Kier alpha value is -1.66. The maximum absolute atomic E-state index is 11.6. The Morgan fingerprint density at radius 3 is 2.60 bits per heavy atom. The highest BCUT2D eigenvalue weighted by molar-refractivity contribution is 5.69. The molecule has 0 aromatic carbocycles. The molecule has 0 spiro atoms.